The Morgan fingerprint density at radius 2 is 1.62 bits per heavy atom. The first-order chi connectivity index (χ1) is 13.8. The summed E-state index contributed by atoms with van der Waals surface area (Å²) < 4.78 is 12.2. The molecule has 0 aromatic heterocycles. The topological polar surface area (TPSA) is 84.2 Å². The number of allylic oxidation sites excluding steroid dienone is 5. The number of amides is 2. The third-order valence-corrected chi connectivity index (χ3v) is 5.26. The molecule has 0 radical (unpaired) electrons. The van der Waals surface area contributed by atoms with Crippen LogP contribution in [0.4, 0.5) is 4.39 Å². The van der Waals surface area contributed by atoms with Crippen LogP contribution >= 0.6 is 11.8 Å². The molecule has 0 aliphatic heterocycles. The van der Waals surface area contributed by atoms with Crippen molar-refractivity contribution in [3.05, 3.63) is 34.9 Å². The number of alkyl halides is 1. The number of hydrogen-bond acceptors (Lipinski definition) is 4. The van der Waals surface area contributed by atoms with Crippen LogP contribution in [0.3, 0.4) is 0 Å². The normalized spacial score (nSPS) is 13.0. The number of carbonyl (C=O) groups is 2. The van der Waals surface area contributed by atoms with Gasteiger partial charge in [0.05, 0.1) is 6.67 Å². The predicted molar refractivity (Wildman–Crippen MR) is 122 cm³/mol. The van der Waals surface area contributed by atoms with Crippen molar-refractivity contribution >= 4 is 23.6 Å². The molecule has 0 unspecified atom stereocenters. The van der Waals surface area contributed by atoms with Gasteiger partial charge in [-0.1, -0.05) is 34.9 Å². The van der Waals surface area contributed by atoms with Gasteiger partial charge in [-0.15, -0.1) is 0 Å². The van der Waals surface area contributed by atoms with Crippen molar-refractivity contribution in [1.29, 1.82) is 0 Å². The average molecular weight is 428 g/mol. The maximum absolute atomic E-state index is 12.2. The fraction of sp³-hybridized carbons (Fsp3) is 0.636. The van der Waals surface area contributed by atoms with Gasteiger partial charge in [0, 0.05) is 17.9 Å². The Labute approximate surface area is 179 Å². The van der Waals surface area contributed by atoms with Gasteiger partial charge in [-0.2, -0.15) is 11.8 Å². The molecular weight excluding hydrogens is 389 g/mol. The van der Waals surface area contributed by atoms with Crippen LogP contribution in [0, 0.1) is 0 Å². The van der Waals surface area contributed by atoms with Crippen molar-refractivity contribution in [2.75, 3.05) is 18.2 Å². The monoisotopic (exact) mass is 427 g/mol. The molecule has 0 spiro atoms. The van der Waals surface area contributed by atoms with Gasteiger partial charge in [0.25, 0.3) is 5.91 Å². The lowest BCUT2D eigenvalue weighted by Crippen LogP contribution is -2.50. The number of halogens is 1. The number of hydrazine groups is 1. The molecule has 166 valence electrons. The van der Waals surface area contributed by atoms with Gasteiger partial charge >= 0.3 is 0 Å². The first-order valence-electron chi connectivity index (χ1n) is 10.2. The number of hydrogen-bond donors (Lipinski definition) is 3. The summed E-state index contributed by atoms with van der Waals surface area (Å²) in [5.74, 6) is 5.57. The van der Waals surface area contributed by atoms with Crippen LogP contribution in [0.2, 0.25) is 0 Å². The van der Waals surface area contributed by atoms with Crippen molar-refractivity contribution in [3.63, 3.8) is 0 Å². The molecule has 0 fully saturated rings. The van der Waals surface area contributed by atoms with Crippen molar-refractivity contribution in [2.24, 2.45) is 5.84 Å². The van der Waals surface area contributed by atoms with Crippen LogP contribution in [0.15, 0.2) is 34.9 Å². The van der Waals surface area contributed by atoms with Gasteiger partial charge < -0.3 is 5.32 Å². The Balaban J connectivity index is 4.26. The molecule has 0 heterocycles. The van der Waals surface area contributed by atoms with E-state index in [4.69, 9.17) is 5.84 Å². The maximum atomic E-state index is 12.2. The Bertz CT molecular complexity index is 585. The molecule has 0 aromatic rings. The van der Waals surface area contributed by atoms with E-state index in [0.717, 1.165) is 31.4 Å². The first kappa shape index (κ1) is 27.4. The van der Waals surface area contributed by atoms with Crippen LogP contribution in [-0.2, 0) is 9.59 Å². The Morgan fingerprint density at radius 1 is 1.00 bits per heavy atom. The molecule has 0 bridgehead atoms. The van der Waals surface area contributed by atoms with E-state index in [-0.39, 0.29) is 18.7 Å². The summed E-state index contributed by atoms with van der Waals surface area (Å²) in [7, 11) is 0. The lowest BCUT2D eigenvalue weighted by Gasteiger charge is -2.16. The van der Waals surface area contributed by atoms with E-state index in [9.17, 15) is 14.0 Å². The predicted octanol–water partition coefficient (Wildman–Crippen LogP) is 4.36. The second-order valence-electron chi connectivity index (χ2n) is 7.42. The van der Waals surface area contributed by atoms with Gasteiger partial charge in [0.2, 0.25) is 5.91 Å². The summed E-state index contributed by atoms with van der Waals surface area (Å²) in [6.07, 6.45) is 11.2. The third kappa shape index (κ3) is 15.9. The number of nitrogens with one attached hydrogen (secondary N) is 2. The number of nitrogens with two attached hydrogens (primary N) is 1. The van der Waals surface area contributed by atoms with E-state index in [1.807, 2.05) is 0 Å². The molecule has 0 saturated heterocycles. The van der Waals surface area contributed by atoms with E-state index in [1.54, 1.807) is 11.8 Å². The first-order valence-corrected chi connectivity index (χ1v) is 11.3. The second-order valence-corrected chi connectivity index (χ2v) is 8.49. The summed E-state index contributed by atoms with van der Waals surface area (Å²) in [6, 6.07) is -0.711. The maximum Gasteiger partial charge on any atom is 0.257 e. The molecule has 1 atom stereocenters. The second kappa shape index (κ2) is 17.3. The summed E-state index contributed by atoms with van der Waals surface area (Å²) in [5, 5.41) is 2.61. The largest absolute Gasteiger partial charge is 0.343 e. The molecule has 4 N–H and O–H groups in total. The van der Waals surface area contributed by atoms with Gasteiger partial charge in [-0.3, -0.25) is 19.4 Å². The smallest absolute Gasteiger partial charge is 0.257 e. The highest BCUT2D eigenvalue weighted by Crippen LogP contribution is 2.13. The molecule has 2 amide bonds. The van der Waals surface area contributed by atoms with E-state index >= 15 is 0 Å². The number of carbonyl (C=O) groups excluding carboxylic acids is 2. The molecule has 0 saturated carbocycles. The Kier molecular flexibility index (Phi) is 16.3. The highest BCUT2D eigenvalue weighted by Gasteiger charge is 2.19. The van der Waals surface area contributed by atoms with Gasteiger partial charge in [0.1, 0.15) is 6.04 Å². The third-order valence-electron chi connectivity index (χ3n) is 4.29. The summed E-state index contributed by atoms with van der Waals surface area (Å²) in [5.41, 5.74) is 6.15. The molecule has 0 aliphatic carbocycles. The number of thioether (sulfide) groups is 1. The summed E-state index contributed by atoms with van der Waals surface area (Å²) in [6.45, 7) is 7.98. The SMILES string of the molecule is CC(C)=CCC/C(C)=C/CC/C(C)=C/CSC[C@H](NC(=O)CCCF)C(=O)NN. The molecular formula is C22H38FN3O2S. The summed E-state index contributed by atoms with van der Waals surface area (Å²) >= 11 is 1.55. The van der Waals surface area contributed by atoms with Crippen LogP contribution in [0.25, 0.3) is 0 Å². The molecule has 29 heavy (non-hydrogen) atoms. The Morgan fingerprint density at radius 3 is 2.21 bits per heavy atom. The van der Waals surface area contributed by atoms with Crippen LogP contribution in [0.1, 0.15) is 66.2 Å². The van der Waals surface area contributed by atoms with Crippen molar-refractivity contribution in [1.82, 2.24) is 10.7 Å². The summed E-state index contributed by atoms with van der Waals surface area (Å²) in [4.78, 5) is 23.5. The van der Waals surface area contributed by atoms with Crippen LogP contribution in [0.5, 0.6) is 0 Å². The van der Waals surface area contributed by atoms with Crippen LogP contribution < -0.4 is 16.6 Å². The van der Waals surface area contributed by atoms with E-state index in [0.29, 0.717) is 5.75 Å². The zero-order valence-corrected chi connectivity index (χ0v) is 19.2. The average Bonchev–Trinajstić information content (AvgIpc) is 2.67. The van der Waals surface area contributed by atoms with Gasteiger partial charge in [-0.05, 0) is 59.8 Å². The molecule has 7 heteroatoms. The lowest BCUT2D eigenvalue weighted by molar-refractivity contribution is -0.128. The molecule has 0 aromatic carbocycles. The van der Waals surface area contributed by atoms with Crippen molar-refractivity contribution < 1.29 is 14.0 Å². The van der Waals surface area contributed by atoms with E-state index < -0.39 is 18.6 Å². The zero-order valence-electron chi connectivity index (χ0n) is 18.4. The Hall–Kier alpha value is -1.60. The molecule has 0 aliphatic rings. The zero-order chi connectivity index (χ0) is 22.1. The van der Waals surface area contributed by atoms with Gasteiger partial charge in [0.15, 0.2) is 0 Å². The minimum atomic E-state index is -0.711. The van der Waals surface area contributed by atoms with E-state index in [2.05, 4.69) is 56.7 Å². The molecule has 0 rings (SSSR count). The van der Waals surface area contributed by atoms with Crippen molar-refractivity contribution in [2.45, 2.75) is 72.3 Å². The van der Waals surface area contributed by atoms with Crippen LogP contribution in [-0.4, -0.2) is 36.0 Å². The van der Waals surface area contributed by atoms with Gasteiger partial charge in [-0.25, -0.2) is 5.84 Å². The molecule has 5 nitrogen and oxygen atoms in total. The van der Waals surface area contributed by atoms with Crippen molar-refractivity contribution in [3.8, 4) is 0 Å². The fourth-order valence-electron chi connectivity index (χ4n) is 2.50. The fourth-order valence-corrected chi connectivity index (χ4v) is 3.51. The minimum Gasteiger partial charge on any atom is -0.343 e. The van der Waals surface area contributed by atoms with E-state index in [1.165, 1.54) is 16.7 Å². The highest BCUT2D eigenvalue weighted by atomic mass is 32.2. The quantitative estimate of drug-likeness (QED) is 0.119. The minimum absolute atomic E-state index is 0.0653. The lowest BCUT2D eigenvalue weighted by atomic mass is 10.1. The highest BCUT2D eigenvalue weighted by molar-refractivity contribution is 7.99. The standard InChI is InChI=1S/C22H38FN3O2S/c1-17(2)8-5-9-18(3)10-6-11-19(4)13-15-29-16-20(22(28)26-24)25-21(27)12-7-14-23/h8,10,13,20H,5-7,9,11-12,14-16,24H2,1-4H3,(H,25,27)(H,26,28)/b18-10+,19-13+/t20-/m0/s1. The number of rotatable bonds is 15.